The van der Waals surface area contributed by atoms with Gasteiger partial charge in [-0.3, -0.25) is 0 Å². The molecule has 568 valence electrons. The van der Waals surface area contributed by atoms with E-state index in [0.717, 1.165) is 33.4 Å². The molecule has 16 heteroatoms. The van der Waals surface area contributed by atoms with Crippen molar-refractivity contribution >= 4 is 46.3 Å². The maximum absolute atomic E-state index is 17.5. The summed E-state index contributed by atoms with van der Waals surface area (Å²) in [6, 6.07) is 74.0. The zero-order valence-electron chi connectivity index (χ0n) is 62.1. The van der Waals surface area contributed by atoms with Gasteiger partial charge in [-0.2, -0.15) is 0 Å². The zero-order valence-corrected chi connectivity index (χ0v) is 62.1. The summed E-state index contributed by atoms with van der Waals surface area (Å²) < 4.78 is 209. The molecule has 115 heavy (non-hydrogen) atoms. The van der Waals surface area contributed by atoms with E-state index in [1.165, 1.54) is 24.3 Å². The van der Waals surface area contributed by atoms with Crippen LogP contribution >= 0.6 is 0 Å². The molecule has 4 nitrogen and oxygen atoms in total. The van der Waals surface area contributed by atoms with Crippen LogP contribution in [0.15, 0.2) is 280 Å². The molecule has 1 spiro atoms. The molecule has 0 N–H and O–H groups in total. The van der Waals surface area contributed by atoms with E-state index < -0.39 is 108 Å². The third-order valence-corrected chi connectivity index (χ3v) is 23.7. The van der Waals surface area contributed by atoms with Crippen molar-refractivity contribution in [3.8, 4) is 45.3 Å². The fourth-order valence-electron chi connectivity index (χ4n) is 19.0. The minimum atomic E-state index is -2.33. The highest BCUT2D eigenvalue weighted by molar-refractivity contribution is 5.92. The smallest absolute Gasteiger partial charge is 0.200 e. The first kappa shape index (κ1) is 73.4. The maximum Gasteiger partial charge on any atom is 0.200 e. The van der Waals surface area contributed by atoms with Gasteiger partial charge >= 0.3 is 0 Å². The van der Waals surface area contributed by atoms with E-state index in [0.29, 0.717) is 92.2 Å². The van der Waals surface area contributed by atoms with Gasteiger partial charge in [-0.25, -0.2) is 52.7 Å². The molecular formula is C99H66F12N2O2. The molecule has 4 aliphatic rings. The first-order valence-corrected chi connectivity index (χ1v) is 37.3. The van der Waals surface area contributed by atoms with Crippen LogP contribution in [-0.4, -0.2) is 0 Å². The fraction of sp³-hybridized carbons (Fsp3) is 0.111. The van der Waals surface area contributed by atoms with E-state index in [9.17, 15) is 0 Å². The van der Waals surface area contributed by atoms with Crippen LogP contribution in [0.1, 0.15) is 118 Å². The van der Waals surface area contributed by atoms with Crippen LogP contribution in [0.25, 0.3) is 34.4 Å². The van der Waals surface area contributed by atoms with Crippen LogP contribution in [0, 0.1) is 69.8 Å². The third-order valence-electron chi connectivity index (χ3n) is 23.7. The number of nitrogens with zero attached hydrogens (tertiary/aromatic N) is 2. The van der Waals surface area contributed by atoms with Crippen LogP contribution in [-0.2, 0) is 27.1 Å². The molecular weight excluding hydrogens is 1480 g/mol. The van der Waals surface area contributed by atoms with Crippen LogP contribution < -0.4 is 19.3 Å². The van der Waals surface area contributed by atoms with Gasteiger partial charge in [0.05, 0.1) is 10.8 Å². The summed E-state index contributed by atoms with van der Waals surface area (Å²) in [5.41, 5.74) is 2.12. The Balaban J connectivity index is 0.812. The van der Waals surface area contributed by atoms with Gasteiger partial charge < -0.3 is 19.3 Å². The summed E-state index contributed by atoms with van der Waals surface area (Å²) in [4.78, 5) is 3.72. The minimum absolute atomic E-state index is 0.127. The monoisotopic (exact) mass is 1540 g/mol. The Labute approximate surface area is 655 Å². The van der Waals surface area contributed by atoms with Crippen LogP contribution in [0.2, 0.25) is 0 Å². The number of ether oxygens (including phenoxy) is 2. The molecule has 2 atom stereocenters. The van der Waals surface area contributed by atoms with E-state index in [4.69, 9.17) is 9.47 Å². The summed E-state index contributed by atoms with van der Waals surface area (Å²) in [6.07, 6.45) is 4.44. The Hall–Kier alpha value is -13.1. The van der Waals surface area contributed by atoms with Crippen LogP contribution in [0.3, 0.4) is 0 Å². The van der Waals surface area contributed by atoms with Crippen molar-refractivity contribution < 1.29 is 62.2 Å². The van der Waals surface area contributed by atoms with Gasteiger partial charge in [-0.1, -0.05) is 174 Å². The second kappa shape index (κ2) is 27.1. The third kappa shape index (κ3) is 11.2. The molecule has 0 heterocycles. The Kier molecular flexibility index (Phi) is 17.3. The molecule has 2 unspecified atom stereocenters. The Morgan fingerprint density at radius 2 is 0.557 bits per heavy atom. The lowest BCUT2D eigenvalue weighted by Crippen LogP contribution is -2.33. The second-order valence-corrected chi connectivity index (χ2v) is 31.0. The topological polar surface area (TPSA) is 24.9 Å². The number of hydrogen-bond acceptors (Lipinski definition) is 4. The highest BCUT2D eigenvalue weighted by Gasteiger charge is 2.58. The van der Waals surface area contributed by atoms with Crippen LogP contribution in [0.4, 0.5) is 86.8 Å². The molecule has 0 saturated heterocycles. The van der Waals surface area contributed by atoms with Gasteiger partial charge in [-0.05, 0) is 258 Å². The molecule has 0 amide bonds. The zero-order chi connectivity index (χ0) is 80.1. The van der Waals surface area contributed by atoms with Crippen molar-refractivity contribution in [1.29, 1.82) is 0 Å². The van der Waals surface area contributed by atoms with Gasteiger partial charge in [0.1, 0.15) is 34.6 Å². The van der Waals surface area contributed by atoms with Crippen molar-refractivity contribution in [3.05, 3.63) is 428 Å². The lowest BCUT2D eigenvalue weighted by molar-refractivity contribution is 0.349. The van der Waals surface area contributed by atoms with E-state index in [1.807, 2.05) is 21.9 Å². The second-order valence-electron chi connectivity index (χ2n) is 31.0. The van der Waals surface area contributed by atoms with Crippen molar-refractivity contribution in [2.75, 3.05) is 9.80 Å². The van der Waals surface area contributed by atoms with E-state index >= 15 is 52.7 Å². The fourth-order valence-corrected chi connectivity index (χ4v) is 19.0. The molecule has 14 aromatic rings. The molecule has 0 fully saturated rings. The average Bonchev–Trinajstić information content (AvgIpc) is 1.55. The number of anilines is 6. The number of fused-ring (bicyclic) bond motifs is 10. The molecule has 0 bridgehead atoms. The summed E-state index contributed by atoms with van der Waals surface area (Å²) in [6.45, 7) is 16.3. The average molecular weight is 1540 g/mol. The normalized spacial score (nSPS) is 17.5. The maximum atomic E-state index is 17.5. The molecule has 18 rings (SSSR count). The predicted octanol–water partition coefficient (Wildman–Crippen LogP) is 27.5. The Morgan fingerprint density at radius 3 is 0.887 bits per heavy atom. The summed E-state index contributed by atoms with van der Waals surface area (Å²) in [5.74, 6) is -21.0. The lowest BCUT2D eigenvalue weighted by Gasteiger charge is -2.36. The number of benzene rings is 14. The van der Waals surface area contributed by atoms with Crippen molar-refractivity contribution in [1.82, 2.24) is 0 Å². The van der Waals surface area contributed by atoms with E-state index in [-0.39, 0.29) is 33.4 Å². The summed E-state index contributed by atoms with van der Waals surface area (Å²) >= 11 is 0. The van der Waals surface area contributed by atoms with Crippen molar-refractivity contribution in [2.24, 2.45) is 0 Å². The lowest BCUT2D eigenvalue weighted by atomic mass is 9.67. The number of halogens is 12. The molecule has 0 aromatic heterocycles. The van der Waals surface area contributed by atoms with Gasteiger partial charge in [-0.15, -0.1) is 0 Å². The van der Waals surface area contributed by atoms with Crippen molar-refractivity contribution in [3.63, 3.8) is 0 Å². The van der Waals surface area contributed by atoms with Gasteiger partial charge in [0.25, 0.3) is 0 Å². The van der Waals surface area contributed by atoms with Gasteiger partial charge in [0.2, 0.25) is 11.6 Å². The van der Waals surface area contributed by atoms with Gasteiger partial charge in [0.15, 0.2) is 46.5 Å². The highest BCUT2D eigenvalue weighted by atomic mass is 19.2. The summed E-state index contributed by atoms with van der Waals surface area (Å²) in [5, 5.41) is 0. The standard InChI is InChI=1S/C99H66F12N2O2/c1-7-55-17-37-67(38-18-55)114-69-41-21-57(22-42-69)98(83-85(102)89(106)93(110)90(107)86(83)103)75-15-11-9-13-71(75)73-45-33-63(49-79(73)98)112(61-29-25-59(100)26-30-61)65-35-47-77-81(51-65)97(53-95(77,3)4)54-96(5,6)78-48-36-66(52-82(78)97)113(62-31-27-60(101)28-32-62)64-34-46-74-72-14-10-12-16-76(72)99(80(74)50-64,84-87(104)91(108)94(111)92(109)88(84)105)58-23-43-70(44-24-58)115-68-39-19-56(8-2)20-40-68/h7-52H,1-2,53-54H2,3-6H3. The number of rotatable bonds is 16. The SMILES string of the molecule is C=Cc1ccc(Oc2ccc(C3(c4c(F)c(F)c(F)c(F)c4F)c4ccccc4-c4ccc(N(c5ccc(F)cc5)c5ccc6c(c5)C5(CC6(C)C)CC(C)(C)c6ccc(N(c7ccc(F)cc7)c7ccc8c(c7)C(c7ccc(Oc9ccc(C=C)cc9)cc7)(c7c(F)c(F)c(F)c(F)c7F)c7ccccc7-8)cc65)cc43)cc2)cc1. The van der Waals surface area contributed by atoms with Crippen LogP contribution in [0.5, 0.6) is 23.0 Å². The molecule has 0 aliphatic heterocycles. The van der Waals surface area contributed by atoms with E-state index in [1.54, 1.807) is 218 Å². The van der Waals surface area contributed by atoms with E-state index in [2.05, 4.69) is 65.1 Å². The minimum Gasteiger partial charge on any atom is -0.457 e. The largest absolute Gasteiger partial charge is 0.457 e. The Morgan fingerprint density at radius 1 is 0.278 bits per heavy atom. The van der Waals surface area contributed by atoms with Crippen molar-refractivity contribution in [2.45, 2.75) is 67.6 Å². The Bertz CT molecular complexity index is 5920. The molecule has 4 aliphatic carbocycles. The highest BCUT2D eigenvalue weighted by Crippen LogP contribution is 2.66. The van der Waals surface area contributed by atoms with Gasteiger partial charge in [0, 0.05) is 50.7 Å². The first-order chi connectivity index (χ1) is 55.3. The summed E-state index contributed by atoms with van der Waals surface area (Å²) in [7, 11) is 0. The predicted molar refractivity (Wildman–Crippen MR) is 426 cm³/mol. The first-order valence-electron chi connectivity index (χ1n) is 37.3. The number of hydrogen-bond donors (Lipinski definition) is 0. The molecule has 14 aromatic carbocycles. The molecule has 0 saturated carbocycles. The quantitative estimate of drug-likeness (QED) is 0.0547. The molecule has 0 radical (unpaired) electrons.